The first-order valence-electron chi connectivity index (χ1n) is 5.90. The summed E-state index contributed by atoms with van der Waals surface area (Å²) in [4.78, 5) is 0. The average Bonchev–Trinajstić information content (AvgIpc) is 2.75. The van der Waals surface area contributed by atoms with Gasteiger partial charge in [-0.1, -0.05) is 29.3 Å². The lowest BCUT2D eigenvalue weighted by Gasteiger charge is -2.15. The van der Waals surface area contributed by atoms with E-state index in [1.807, 2.05) is 11.5 Å². The van der Waals surface area contributed by atoms with Crippen molar-refractivity contribution in [3.8, 4) is 5.75 Å². The van der Waals surface area contributed by atoms with Crippen molar-refractivity contribution >= 4 is 35.4 Å². The molecule has 7 heteroatoms. The Morgan fingerprint density at radius 3 is 2.95 bits per heavy atom. The molecule has 1 heterocycles. The van der Waals surface area contributed by atoms with Gasteiger partial charge in [-0.15, -0.1) is 6.58 Å². The second-order valence-electron chi connectivity index (χ2n) is 4.12. The number of aromatic amines is 1. The first kappa shape index (κ1) is 15.1. The highest BCUT2D eigenvalue weighted by Gasteiger charge is 2.16. The van der Waals surface area contributed by atoms with Crippen LogP contribution in [0.3, 0.4) is 0 Å². The van der Waals surface area contributed by atoms with Crippen molar-refractivity contribution in [1.82, 2.24) is 14.8 Å². The van der Waals surface area contributed by atoms with Crippen LogP contribution in [0.1, 0.15) is 18.9 Å². The van der Waals surface area contributed by atoms with Crippen LogP contribution in [0.2, 0.25) is 10.0 Å². The number of rotatable bonds is 5. The van der Waals surface area contributed by atoms with Crippen LogP contribution in [0.4, 0.5) is 0 Å². The number of nitrogens with zero attached hydrogens (tertiary/aromatic N) is 2. The zero-order valence-electron chi connectivity index (χ0n) is 10.8. The second-order valence-corrected chi connectivity index (χ2v) is 5.35. The maximum Gasteiger partial charge on any atom is 0.195 e. The van der Waals surface area contributed by atoms with Crippen molar-refractivity contribution < 1.29 is 4.74 Å². The summed E-state index contributed by atoms with van der Waals surface area (Å²) in [5.74, 6) is 1.23. The van der Waals surface area contributed by atoms with Gasteiger partial charge in [-0.05, 0) is 37.3 Å². The van der Waals surface area contributed by atoms with E-state index in [1.54, 1.807) is 24.3 Å². The van der Waals surface area contributed by atoms with Crippen molar-refractivity contribution in [2.24, 2.45) is 0 Å². The van der Waals surface area contributed by atoms with Crippen molar-refractivity contribution in [1.29, 1.82) is 0 Å². The number of benzene rings is 1. The second kappa shape index (κ2) is 6.43. The topological polar surface area (TPSA) is 42.8 Å². The highest BCUT2D eigenvalue weighted by Crippen LogP contribution is 2.30. The summed E-state index contributed by atoms with van der Waals surface area (Å²) in [7, 11) is 0. The lowest BCUT2D eigenvalue weighted by molar-refractivity contribution is 0.211. The molecule has 0 amide bonds. The molecule has 4 nitrogen and oxygen atoms in total. The van der Waals surface area contributed by atoms with Gasteiger partial charge in [-0.25, -0.2) is 0 Å². The van der Waals surface area contributed by atoms with Gasteiger partial charge >= 0.3 is 0 Å². The Bertz CT molecular complexity index is 680. The minimum atomic E-state index is -0.318. The molecule has 0 fully saturated rings. The Labute approximate surface area is 132 Å². The summed E-state index contributed by atoms with van der Waals surface area (Å²) in [5, 5.41) is 7.94. The molecular weight excluding hydrogens is 317 g/mol. The Balaban J connectivity index is 2.26. The van der Waals surface area contributed by atoms with E-state index in [0.29, 0.717) is 32.9 Å². The molecule has 0 aliphatic rings. The Morgan fingerprint density at radius 2 is 2.30 bits per heavy atom. The Kier molecular flexibility index (Phi) is 4.86. The number of ether oxygens (including phenoxy) is 1. The van der Waals surface area contributed by atoms with Gasteiger partial charge in [0.15, 0.2) is 16.7 Å². The number of hydrogen-bond donors (Lipinski definition) is 1. The first-order chi connectivity index (χ1) is 9.52. The average molecular weight is 330 g/mol. The Hall–Kier alpha value is -1.30. The van der Waals surface area contributed by atoms with Crippen molar-refractivity contribution in [2.45, 2.75) is 19.6 Å². The van der Waals surface area contributed by atoms with Crippen LogP contribution in [-0.4, -0.2) is 14.8 Å². The number of hydrogen-bond acceptors (Lipinski definition) is 3. The minimum absolute atomic E-state index is 0.318. The number of allylic oxidation sites excluding steroid dienone is 1. The molecule has 20 heavy (non-hydrogen) atoms. The number of aromatic nitrogens is 3. The number of halogens is 2. The molecule has 0 spiro atoms. The van der Waals surface area contributed by atoms with E-state index in [1.165, 1.54) is 0 Å². The number of H-pyrrole nitrogens is 1. The third kappa shape index (κ3) is 3.23. The van der Waals surface area contributed by atoms with E-state index in [2.05, 4.69) is 16.8 Å². The lowest BCUT2D eigenvalue weighted by atomic mass is 10.3. The van der Waals surface area contributed by atoms with E-state index in [0.717, 1.165) is 0 Å². The molecule has 0 saturated carbocycles. The summed E-state index contributed by atoms with van der Waals surface area (Å²) in [6.07, 6.45) is 1.43. The van der Waals surface area contributed by atoms with Crippen LogP contribution in [0.25, 0.3) is 0 Å². The molecule has 1 N–H and O–H groups in total. The molecular formula is C13H13Cl2N3OS. The maximum atomic E-state index is 6.09. The van der Waals surface area contributed by atoms with Crippen LogP contribution >= 0.6 is 35.4 Å². The fourth-order valence-corrected chi connectivity index (χ4v) is 2.43. The van der Waals surface area contributed by atoms with Gasteiger partial charge in [0.1, 0.15) is 5.75 Å². The first-order valence-corrected chi connectivity index (χ1v) is 7.07. The van der Waals surface area contributed by atoms with E-state index in [-0.39, 0.29) is 6.10 Å². The van der Waals surface area contributed by atoms with Crippen LogP contribution in [0, 0.1) is 4.77 Å². The van der Waals surface area contributed by atoms with Crippen LogP contribution in [0.5, 0.6) is 5.75 Å². The van der Waals surface area contributed by atoms with Gasteiger partial charge < -0.3 is 4.74 Å². The summed E-state index contributed by atoms with van der Waals surface area (Å²) >= 11 is 17.1. The monoisotopic (exact) mass is 329 g/mol. The molecule has 0 aliphatic carbocycles. The van der Waals surface area contributed by atoms with Gasteiger partial charge in [0.25, 0.3) is 0 Å². The highest BCUT2D eigenvalue weighted by atomic mass is 35.5. The molecule has 106 valence electrons. The van der Waals surface area contributed by atoms with Gasteiger partial charge in [0.05, 0.1) is 5.02 Å². The zero-order valence-corrected chi connectivity index (χ0v) is 13.1. The molecule has 0 radical (unpaired) electrons. The highest BCUT2D eigenvalue weighted by molar-refractivity contribution is 7.71. The van der Waals surface area contributed by atoms with Crippen LogP contribution in [0.15, 0.2) is 30.9 Å². The van der Waals surface area contributed by atoms with Gasteiger partial charge in [0.2, 0.25) is 0 Å². The molecule has 0 saturated heterocycles. The van der Waals surface area contributed by atoms with Crippen molar-refractivity contribution in [3.63, 3.8) is 0 Å². The molecule has 0 unspecified atom stereocenters. The quantitative estimate of drug-likeness (QED) is 0.645. The summed E-state index contributed by atoms with van der Waals surface area (Å²) < 4.78 is 8.15. The van der Waals surface area contributed by atoms with Crippen LogP contribution in [-0.2, 0) is 6.54 Å². The smallest absolute Gasteiger partial charge is 0.195 e. The van der Waals surface area contributed by atoms with E-state index in [9.17, 15) is 0 Å². The van der Waals surface area contributed by atoms with Crippen LogP contribution < -0.4 is 4.74 Å². The summed E-state index contributed by atoms with van der Waals surface area (Å²) in [6.45, 7) is 6.13. The predicted octanol–water partition coefficient (Wildman–Crippen LogP) is 4.57. The Morgan fingerprint density at radius 1 is 1.55 bits per heavy atom. The number of nitrogens with one attached hydrogen (secondary N) is 1. The van der Waals surface area contributed by atoms with Gasteiger partial charge in [-0.3, -0.25) is 9.67 Å². The fourth-order valence-electron chi connectivity index (χ4n) is 1.76. The van der Waals surface area contributed by atoms with E-state index < -0.39 is 0 Å². The van der Waals surface area contributed by atoms with E-state index in [4.69, 9.17) is 40.2 Å². The van der Waals surface area contributed by atoms with Crippen molar-refractivity contribution in [3.05, 3.63) is 51.5 Å². The SMILES string of the molecule is C=CCn1c([C@@H](C)Oc2ccc(Cl)cc2Cl)n[nH]c1=S. The molecule has 1 atom stereocenters. The molecule has 0 bridgehead atoms. The molecule has 2 aromatic rings. The molecule has 2 rings (SSSR count). The third-order valence-corrected chi connectivity index (χ3v) is 3.50. The molecule has 1 aromatic carbocycles. The van der Waals surface area contributed by atoms with E-state index >= 15 is 0 Å². The van der Waals surface area contributed by atoms with Crippen molar-refractivity contribution in [2.75, 3.05) is 0 Å². The van der Waals surface area contributed by atoms with Gasteiger partial charge in [-0.2, -0.15) is 5.10 Å². The standard InChI is InChI=1S/C13H13Cl2N3OS/c1-3-6-18-12(16-17-13(18)20)8(2)19-11-5-4-9(14)7-10(11)15/h3-5,7-8H,1,6H2,2H3,(H,17,20)/t8-/m1/s1. The molecule has 0 aliphatic heterocycles. The zero-order chi connectivity index (χ0) is 14.7. The maximum absolute atomic E-state index is 6.09. The predicted molar refractivity (Wildman–Crippen MR) is 83.1 cm³/mol. The third-order valence-electron chi connectivity index (χ3n) is 2.66. The largest absolute Gasteiger partial charge is 0.481 e. The summed E-state index contributed by atoms with van der Waals surface area (Å²) in [5.41, 5.74) is 0. The summed E-state index contributed by atoms with van der Waals surface area (Å²) in [6, 6.07) is 5.07. The minimum Gasteiger partial charge on any atom is -0.481 e. The fraction of sp³-hybridized carbons (Fsp3) is 0.231. The molecule has 1 aromatic heterocycles. The van der Waals surface area contributed by atoms with Gasteiger partial charge in [0, 0.05) is 11.6 Å². The lowest BCUT2D eigenvalue weighted by Crippen LogP contribution is -2.11. The normalized spacial score (nSPS) is 12.2.